The Kier molecular flexibility index (Phi) is 15.6. The minimum absolute atomic E-state index is 0. The first-order chi connectivity index (χ1) is 24.7. The monoisotopic (exact) mass is 826 g/mol. The van der Waals surface area contributed by atoms with Crippen molar-refractivity contribution < 1.29 is 28.5 Å². The highest BCUT2D eigenvalue weighted by atomic mass is 35.5. The van der Waals surface area contributed by atoms with Crippen molar-refractivity contribution >= 4 is 59.1 Å². The zero-order valence-corrected chi connectivity index (χ0v) is 35.1. The van der Waals surface area contributed by atoms with Crippen LogP contribution >= 0.6 is 47.2 Å². The van der Waals surface area contributed by atoms with Crippen molar-refractivity contribution in [1.29, 1.82) is 0 Å². The third kappa shape index (κ3) is 15.3. The summed E-state index contributed by atoms with van der Waals surface area (Å²) in [6, 6.07) is 6.25. The molecule has 2 aliphatic carbocycles. The van der Waals surface area contributed by atoms with Crippen molar-refractivity contribution in [2.45, 2.75) is 105 Å². The lowest BCUT2D eigenvalue weighted by molar-refractivity contribution is 0.00567. The van der Waals surface area contributed by atoms with Gasteiger partial charge < -0.3 is 18.9 Å². The lowest BCUT2D eigenvalue weighted by atomic mass is 10.1. The van der Waals surface area contributed by atoms with Crippen LogP contribution in [-0.2, 0) is 9.47 Å². The van der Waals surface area contributed by atoms with Gasteiger partial charge in [0.1, 0.15) is 26.7 Å². The van der Waals surface area contributed by atoms with Gasteiger partial charge in [0.15, 0.2) is 17.3 Å². The third-order valence-corrected chi connectivity index (χ3v) is 9.10. The second-order valence-electron chi connectivity index (χ2n) is 15.9. The molecule has 4 aromatic heterocycles. The van der Waals surface area contributed by atoms with Gasteiger partial charge in [0.05, 0.1) is 49.1 Å². The van der Waals surface area contributed by atoms with E-state index in [1.807, 2.05) is 0 Å². The summed E-state index contributed by atoms with van der Waals surface area (Å²) in [5.74, 6) is 1.03. The molecule has 0 amide bonds. The second kappa shape index (κ2) is 18.8. The van der Waals surface area contributed by atoms with E-state index in [1.165, 1.54) is 37.8 Å². The van der Waals surface area contributed by atoms with E-state index in [0.29, 0.717) is 29.0 Å². The number of hydrogen-bond donors (Lipinski definition) is 1. The molecule has 1 N–H and O–H groups in total. The predicted molar refractivity (Wildman–Crippen MR) is 212 cm³/mol. The number of H-pyrrole nitrogens is 1. The van der Waals surface area contributed by atoms with Crippen LogP contribution in [-0.4, -0.2) is 66.3 Å². The van der Waals surface area contributed by atoms with E-state index in [0.717, 1.165) is 25.2 Å². The van der Waals surface area contributed by atoms with Crippen LogP contribution in [0.1, 0.15) is 115 Å². The van der Waals surface area contributed by atoms with Gasteiger partial charge in [-0.25, -0.2) is 24.2 Å². The summed E-state index contributed by atoms with van der Waals surface area (Å²) >= 11 is 17.5. The van der Waals surface area contributed by atoms with Gasteiger partial charge in [-0.05, 0) is 115 Å². The van der Waals surface area contributed by atoms with Crippen LogP contribution in [0.25, 0.3) is 5.82 Å². The zero-order chi connectivity index (χ0) is 39.0. The molecule has 16 heteroatoms. The highest BCUT2D eigenvalue weighted by Gasteiger charge is 2.37. The number of esters is 2. The Hall–Kier alpha value is -3.58. The molecule has 2 saturated carbocycles. The number of aromatic nitrogens is 6. The number of nitrogens with zero attached hydrogens (tertiary/aromatic N) is 5. The predicted octanol–water partition coefficient (Wildman–Crippen LogP) is 10.2. The molecule has 4 aromatic rings. The Morgan fingerprint density at radius 3 is 1.70 bits per heavy atom. The summed E-state index contributed by atoms with van der Waals surface area (Å²) in [6.45, 7) is 16.8. The molecule has 2 aliphatic rings. The molecule has 0 aromatic carbocycles. The van der Waals surface area contributed by atoms with Gasteiger partial charge >= 0.3 is 11.9 Å². The summed E-state index contributed by atoms with van der Waals surface area (Å²) in [5.41, 5.74) is 0.347. The molecule has 0 atom stereocenters. The third-order valence-electron chi connectivity index (χ3n) is 8.31. The van der Waals surface area contributed by atoms with E-state index in [1.54, 1.807) is 83.1 Å². The number of ether oxygens (including phenoxy) is 4. The summed E-state index contributed by atoms with van der Waals surface area (Å²) < 4.78 is 23.3. The fourth-order valence-corrected chi connectivity index (χ4v) is 5.17. The molecule has 6 rings (SSSR count). The molecule has 0 spiro atoms. The zero-order valence-electron chi connectivity index (χ0n) is 32.0. The fourth-order valence-electron chi connectivity index (χ4n) is 4.52. The van der Waals surface area contributed by atoms with Gasteiger partial charge in [-0.3, -0.25) is 5.10 Å². The van der Waals surface area contributed by atoms with Crippen molar-refractivity contribution in [2.75, 3.05) is 13.2 Å². The van der Waals surface area contributed by atoms with Gasteiger partial charge in [0.2, 0.25) is 0 Å². The van der Waals surface area contributed by atoms with Gasteiger partial charge in [0.25, 0.3) is 0 Å². The first-order valence-electron chi connectivity index (χ1n) is 17.5. The second-order valence-corrected chi connectivity index (χ2v) is 17.0. The van der Waals surface area contributed by atoms with E-state index < -0.39 is 23.1 Å². The standard InChI is InChI=1S/C19H24ClN3O3.C10H11Cl2NO2.C9H14N2O.ClH/c1-18(2,3)26-17(24)14-5-6-15(22-16(14)20)23-12-13(11-21-23)25-10-9-19(4)7-8-19;1-10(2,3)15-9(14)6-4-5-7(11)13-8(6)12;1-9(2-3-9)4-5-12-8-6-10-11-7-8;/h5-6,11-12H,7-10H2,1-4H3;4-5H,1-3H3;6-7H,2-5H2,1H3,(H,10,11);1H. The maximum atomic E-state index is 12.1. The lowest BCUT2D eigenvalue weighted by Gasteiger charge is -2.19. The Bertz CT molecular complexity index is 1830. The fraction of sp³-hybridized carbons (Fsp3) is 0.526. The van der Waals surface area contributed by atoms with Crippen LogP contribution in [0.4, 0.5) is 0 Å². The van der Waals surface area contributed by atoms with E-state index in [9.17, 15) is 9.59 Å². The molecule has 0 unspecified atom stereocenters. The van der Waals surface area contributed by atoms with E-state index in [2.05, 4.69) is 39.1 Å². The largest absolute Gasteiger partial charge is 0.490 e. The Morgan fingerprint density at radius 1 is 0.759 bits per heavy atom. The van der Waals surface area contributed by atoms with Gasteiger partial charge in [-0.15, -0.1) is 12.4 Å². The molecule has 54 heavy (non-hydrogen) atoms. The average Bonchev–Trinajstić information content (AvgIpc) is 3.78. The molecule has 0 radical (unpaired) electrons. The Morgan fingerprint density at radius 2 is 1.26 bits per heavy atom. The molecule has 0 bridgehead atoms. The average molecular weight is 829 g/mol. The number of aromatic amines is 1. The molecular formula is C38H50Cl4N6O6. The van der Waals surface area contributed by atoms with Crippen LogP contribution in [0.15, 0.2) is 49.1 Å². The molecule has 2 fully saturated rings. The van der Waals surface area contributed by atoms with Crippen LogP contribution in [0.3, 0.4) is 0 Å². The van der Waals surface area contributed by atoms with Crippen molar-refractivity contribution in [2.24, 2.45) is 10.8 Å². The maximum absolute atomic E-state index is 12.1. The SMILES string of the molecule is CC(C)(C)OC(=O)c1ccc(Cl)nc1Cl.CC1(CCOc2cn[nH]c2)CC1.CC1(CCOc2cnn(-c3ccc(C(=O)OC(C)(C)C)c(Cl)n3)c2)CC1.Cl. The number of pyridine rings is 2. The van der Waals surface area contributed by atoms with Crippen LogP contribution in [0.5, 0.6) is 11.5 Å². The highest BCUT2D eigenvalue weighted by molar-refractivity contribution is 6.34. The molecule has 12 nitrogen and oxygen atoms in total. The first-order valence-corrected chi connectivity index (χ1v) is 18.6. The summed E-state index contributed by atoms with van der Waals surface area (Å²) in [4.78, 5) is 31.8. The lowest BCUT2D eigenvalue weighted by Crippen LogP contribution is -2.24. The first kappa shape index (κ1) is 44.8. The molecule has 4 heterocycles. The topological polar surface area (TPSA) is 143 Å². The molecule has 0 aliphatic heterocycles. The molecule has 0 saturated heterocycles. The van der Waals surface area contributed by atoms with Crippen LogP contribution in [0.2, 0.25) is 15.5 Å². The maximum Gasteiger partial charge on any atom is 0.341 e. The smallest absolute Gasteiger partial charge is 0.341 e. The van der Waals surface area contributed by atoms with Crippen molar-refractivity contribution in [1.82, 2.24) is 29.9 Å². The van der Waals surface area contributed by atoms with Crippen LogP contribution < -0.4 is 9.47 Å². The van der Waals surface area contributed by atoms with Crippen LogP contribution in [0, 0.1) is 10.8 Å². The van der Waals surface area contributed by atoms with Gasteiger partial charge in [0, 0.05) is 0 Å². The highest BCUT2D eigenvalue weighted by Crippen LogP contribution is 2.48. The quantitative estimate of drug-likeness (QED) is 0.115. The van der Waals surface area contributed by atoms with Crippen molar-refractivity contribution in [3.63, 3.8) is 0 Å². The number of carbonyl (C=O) groups is 2. The minimum atomic E-state index is -0.592. The summed E-state index contributed by atoms with van der Waals surface area (Å²) in [6.07, 6.45) is 14.4. The minimum Gasteiger partial charge on any atom is -0.490 e. The van der Waals surface area contributed by atoms with Crippen molar-refractivity contribution in [3.05, 3.63) is 75.6 Å². The molecule has 296 valence electrons. The number of rotatable bonds is 11. The normalized spacial score (nSPS) is 14.9. The van der Waals surface area contributed by atoms with Crippen molar-refractivity contribution in [3.8, 4) is 17.3 Å². The Labute approximate surface area is 338 Å². The number of carbonyl (C=O) groups excluding carboxylic acids is 2. The number of halogens is 4. The summed E-state index contributed by atoms with van der Waals surface area (Å²) in [5, 5.41) is 11.1. The van der Waals surface area contributed by atoms with E-state index in [-0.39, 0.29) is 39.0 Å². The summed E-state index contributed by atoms with van der Waals surface area (Å²) in [7, 11) is 0. The van der Waals surface area contributed by atoms with Gasteiger partial charge in [-0.1, -0.05) is 48.7 Å². The van der Waals surface area contributed by atoms with E-state index in [4.69, 9.17) is 53.8 Å². The van der Waals surface area contributed by atoms with E-state index >= 15 is 0 Å². The number of hydrogen-bond acceptors (Lipinski definition) is 10. The van der Waals surface area contributed by atoms with Gasteiger partial charge in [-0.2, -0.15) is 10.2 Å². The molecular weight excluding hydrogens is 778 g/mol. The number of nitrogens with one attached hydrogen (secondary N) is 1. The Balaban J connectivity index is 0.000000237.